The molecule has 4 aromatic carbocycles. The second-order valence-electron chi connectivity index (χ2n) is 7.55. The van der Waals surface area contributed by atoms with Crippen molar-refractivity contribution in [1.82, 2.24) is 5.43 Å². The maximum atomic E-state index is 12.3. The van der Waals surface area contributed by atoms with Gasteiger partial charge in [0.1, 0.15) is 12.4 Å². The fourth-order valence-electron chi connectivity index (χ4n) is 3.43. The van der Waals surface area contributed by atoms with E-state index < -0.39 is 11.0 Å². The predicted molar refractivity (Wildman–Crippen MR) is 132 cm³/mol. The highest BCUT2D eigenvalue weighted by Crippen LogP contribution is 2.27. The first kappa shape index (κ1) is 22.5. The summed E-state index contributed by atoms with van der Waals surface area (Å²) in [6.45, 7) is 2.13. The fourth-order valence-corrected chi connectivity index (χ4v) is 3.43. The number of anilines is 1. The number of fused-ring (bicyclic) bond motifs is 1. The number of hydrazone groups is 1. The Morgan fingerprint density at radius 2 is 1.74 bits per heavy atom. The average Bonchev–Trinajstić information content (AvgIpc) is 2.85. The third-order valence-electron chi connectivity index (χ3n) is 5.23. The minimum atomic E-state index is -0.459. The number of ether oxygens (including phenoxy) is 1. The van der Waals surface area contributed by atoms with Gasteiger partial charge >= 0.3 is 6.03 Å². The second kappa shape index (κ2) is 10.3. The summed E-state index contributed by atoms with van der Waals surface area (Å²) in [7, 11) is 0. The highest BCUT2D eigenvalue weighted by atomic mass is 16.6. The number of carbonyl (C=O) groups is 1. The van der Waals surface area contributed by atoms with Crippen LogP contribution in [-0.4, -0.2) is 17.2 Å². The van der Waals surface area contributed by atoms with Gasteiger partial charge in [-0.3, -0.25) is 10.1 Å². The molecule has 0 aromatic heterocycles. The van der Waals surface area contributed by atoms with Crippen LogP contribution in [0.25, 0.3) is 10.8 Å². The number of hydrogen-bond donors (Lipinski definition) is 2. The number of carbonyl (C=O) groups excluding carboxylic acids is 1. The van der Waals surface area contributed by atoms with Crippen LogP contribution >= 0.6 is 0 Å². The van der Waals surface area contributed by atoms with Gasteiger partial charge in [-0.1, -0.05) is 48.5 Å². The van der Waals surface area contributed by atoms with Gasteiger partial charge in [0.25, 0.3) is 5.69 Å². The van der Waals surface area contributed by atoms with Crippen LogP contribution in [0.4, 0.5) is 16.2 Å². The zero-order chi connectivity index (χ0) is 23.9. The van der Waals surface area contributed by atoms with Gasteiger partial charge in [-0.05, 0) is 53.1 Å². The summed E-state index contributed by atoms with van der Waals surface area (Å²) >= 11 is 0. The van der Waals surface area contributed by atoms with Crippen LogP contribution in [0, 0.1) is 17.0 Å². The largest absolute Gasteiger partial charge is 0.488 e. The molecule has 0 saturated heterocycles. The maximum Gasteiger partial charge on any atom is 0.339 e. The van der Waals surface area contributed by atoms with Crippen molar-refractivity contribution in [2.45, 2.75) is 13.5 Å². The van der Waals surface area contributed by atoms with Crippen molar-refractivity contribution in [2.24, 2.45) is 5.10 Å². The Balaban J connectivity index is 1.52. The first-order chi connectivity index (χ1) is 16.5. The lowest BCUT2D eigenvalue weighted by molar-refractivity contribution is -0.384. The molecule has 0 aliphatic heterocycles. The molecule has 2 N–H and O–H groups in total. The Kier molecular flexibility index (Phi) is 6.78. The Morgan fingerprint density at radius 1 is 1.00 bits per heavy atom. The lowest BCUT2D eigenvalue weighted by Crippen LogP contribution is -2.24. The number of nitrogens with one attached hydrogen (secondary N) is 2. The molecule has 34 heavy (non-hydrogen) atoms. The molecule has 2 amide bonds. The standard InChI is InChI=1S/C26H22N4O4/c1-18-6-2-5-9-24(18)28-26(31)29-27-16-23-22-8-4-3-7-20(22)12-15-25(23)34-17-19-10-13-21(14-11-19)30(32)33/h2-16H,17H2,1H3,(H2,28,29,31). The van der Waals surface area contributed by atoms with E-state index in [4.69, 9.17) is 4.74 Å². The molecule has 4 rings (SSSR count). The third-order valence-corrected chi connectivity index (χ3v) is 5.23. The fraction of sp³-hybridized carbons (Fsp3) is 0.0769. The molecule has 0 aliphatic rings. The van der Waals surface area contributed by atoms with E-state index in [2.05, 4.69) is 15.8 Å². The summed E-state index contributed by atoms with van der Waals surface area (Å²) in [5, 5.41) is 19.6. The van der Waals surface area contributed by atoms with E-state index in [0.717, 1.165) is 21.9 Å². The minimum absolute atomic E-state index is 0.0253. The van der Waals surface area contributed by atoms with Crippen molar-refractivity contribution < 1.29 is 14.5 Å². The number of urea groups is 1. The Morgan fingerprint density at radius 3 is 2.50 bits per heavy atom. The quantitative estimate of drug-likeness (QED) is 0.209. The zero-order valence-electron chi connectivity index (χ0n) is 18.4. The van der Waals surface area contributed by atoms with Gasteiger partial charge in [0, 0.05) is 23.4 Å². The summed E-state index contributed by atoms with van der Waals surface area (Å²) < 4.78 is 6.01. The normalized spacial score (nSPS) is 10.9. The monoisotopic (exact) mass is 454 g/mol. The van der Waals surface area contributed by atoms with Gasteiger partial charge in [-0.25, -0.2) is 10.2 Å². The molecule has 8 nitrogen and oxygen atoms in total. The van der Waals surface area contributed by atoms with E-state index in [0.29, 0.717) is 17.0 Å². The number of non-ortho nitro benzene ring substituents is 1. The van der Waals surface area contributed by atoms with E-state index in [9.17, 15) is 14.9 Å². The van der Waals surface area contributed by atoms with Crippen molar-refractivity contribution in [2.75, 3.05) is 5.32 Å². The number of rotatable bonds is 7. The summed E-state index contributed by atoms with van der Waals surface area (Å²) in [5.74, 6) is 0.571. The van der Waals surface area contributed by atoms with Gasteiger partial charge in [-0.2, -0.15) is 5.10 Å². The van der Waals surface area contributed by atoms with Crippen LogP contribution in [0.3, 0.4) is 0 Å². The number of amides is 2. The molecular weight excluding hydrogens is 432 g/mol. The highest BCUT2D eigenvalue weighted by molar-refractivity contribution is 6.03. The van der Waals surface area contributed by atoms with Crippen LogP contribution in [0.5, 0.6) is 5.75 Å². The summed E-state index contributed by atoms with van der Waals surface area (Å²) in [5.41, 5.74) is 5.65. The van der Waals surface area contributed by atoms with Gasteiger partial charge in [0.15, 0.2) is 0 Å². The number of para-hydroxylation sites is 1. The van der Waals surface area contributed by atoms with Crippen LogP contribution in [0.2, 0.25) is 0 Å². The highest BCUT2D eigenvalue weighted by Gasteiger charge is 2.10. The van der Waals surface area contributed by atoms with E-state index in [-0.39, 0.29) is 12.3 Å². The van der Waals surface area contributed by atoms with Crippen molar-refractivity contribution in [3.63, 3.8) is 0 Å². The lowest BCUT2D eigenvalue weighted by atomic mass is 10.0. The number of nitrogens with zero attached hydrogens (tertiary/aromatic N) is 2. The zero-order valence-corrected chi connectivity index (χ0v) is 18.4. The predicted octanol–water partition coefficient (Wildman–Crippen LogP) is 5.79. The molecule has 0 spiro atoms. The molecule has 0 bridgehead atoms. The van der Waals surface area contributed by atoms with Crippen LogP contribution in [0.1, 0.15) is 16.7 Å². The molecule has 0 atom stereocenters. The first-order valence-corrected chi connectivity index (χ1v) is 10.5. The van der Waals surface area contributed by atoms with Gasteiger partial charge in [0.2, 0.25) is 0 Å². The van der Waals surface area contributed by atoms with Crippen LogP contribution < -0.4 is 15.5 Å². The van der Waals surface area contributed by atoms with Gasteiger partial charge in [-0.15, -0.1) is 0 Å². The van der Waals surface area contributed by atoms with Crippen molar-refractivity contribution in [1.29, 1.82) is 0 Å². The van der Waals surface area contributed by atoms with E-state index in [1.54, 1.807) is 18.3 Å². The molecular formula is C26H22N4O4. The Hall–Kier alpha value is -4.72. The number of nitro groups is 1. The molecule has 0 unspecified atom stereocenters. The van der Waals surface area contributed by atoms with Crippen molar-refractivity contribution >= 4 is 34.4 Å². The maximum absolute atomic E-state index is 12.3. The van der Waals surface area contributed by atoms with Crippen molar-refractivity contribution in [3.8, 4) is 5.75 Å². The van der Waals surface area contributed by atoms with Crippen molar-refractivity contribution in [3.05, 3.63) is 112 Å². The van der Waals surface area contributed by atoms with Gasteiger partial charge in [0.05, 0.1) is 11.1 Å². The first-order valence-electron chi connectivity index (χ1n) is 10.5. The van der Waals surface area contributed by atoms with E-state index >= 15 is 0 Å². The van der Waals surface area contributed by atoms with Gasteiger partial charge < -0.3 is 10.1 Å². The number of benzene rings is 4. The molecule has 0 saturated carbocycles. The smallest absolute Gasteiger partial charge is 0.339 e. The Labute approximate surface area is 196 Å². The molecule has 170 valence electrons. The third kappa shape index (κ3) is 5.36. The van der Waals surface area contributed by atoms with E-state index in [1.807, 2.05) is 67.6 Å². The molecule has 4 aromatic rings. The molecule has 0 radical (unpaired) electrons. The average molecular weight is 454 g/mol. The topological polar surface area (TPSA) is 106 Å². The molecule has 0 heterocycles. The number of nitro benzene ring substituents is 1. The van der Waals surface area contributed by atoms with Crippen LogP contribution in [-0.2, 0) is 6.61 Å². The van der Waals surface area contributed by atoms with Crippen LogP contribution in [0.15, 0.2) is 90.0 Å². The Bertz CT molecular complexity index is 1370. The lowest BCUT2D eigenvalue weighted by Gasteiger charge is -2.12. The van der Waals surface area contributed by atoms with E-state index in [1.165, 1.54) is 12.1 Å². The molecule has 0 aliphatic carbocycles. The molecule has 8 heteroatoms. The summed E-state index contributed by atoms with van der Waals surface area (Å²) in [6.07, 6.45) is 1.55. The summed E-state index contributed by atoms with van der Waals surface area (Å²) in [6, 6.07) is 24.8. The SMILES string of the molecule is Cc1ccccc1NC(=O)NN=Cc1c(OCc2ccc([N+](=O)[O-])cc2)ccc2ccccc12. The minimum Gasteiger partial charge on any atom is -0.488 e. The summed E-state index contributed by atoms with van der Waals surface area (Å²) in [4.78, 5) is 22.7. The number of aryl methyl sites for hydroxylation is 1. The molecule has 0 fully saturated rings. The second-order valence-corrected chi connectivity index (χ2v) is 7.55. The number of hydrogen-bond acceptors (Lipinski definition) is 5.